The fourth-order valence-corrected chi connectivity index (χ4v) is 1.46. The molecule has 2 atom stereocenters. The number of carbonyl (C=O) groups excluding carboxylic acids is 1. The van der Waals surface area contributed by atoms with Gasteiger partial charge in [0.2, 0.25) is 5.91 Å². The number of carbonyl (C=O) groups is 1. The first kappa shape index (κ1) is 15.3. The van der Waals surface area contributed by atoms with E-state index in [-0.39, 0.29) is 11.9 Å². The van der Waals surface area contributed by atoms with Crippen molar-refractivity contribution in [3.05, 3.63) is 0 Å². The molecule has 0 fully saturated rings. The van der Waals surface area contributed by atoms with Gasteiger partial charge in [0, 0.05) is 20.8 Å². The van der Waals surface area contributed by atoms with Gasteiger partial charge < -0.3 is 20.1 Å². The Morgan fingerprint density at radius 3 is 2.44 bits per heavy atom. The van der Waals surface area contributed by atoms with E-state index in [1.54, 1.807) is 19.1 Å². The summed E-state index contributed by atoms with van der Waals surface area (Å²) in [7, 11) is 3.23. The van der Waals surface area contributed by atoms with Crippen LogP contribution in [0.5, 0.6) is 0 Å². The third-order valence-electron chi connectivity index (χ3n) is 2.52. The van der Waals surface area contributed by atoms with Gasteiger partial charge in [-0.3, -0.25) is 4.79 Å². The highest BCUT2D eigenvalue weighted by Crippen LogP contribution is 2.04. The first-order chi connectivity index (χ1) is 7.58. The van der Waals surface area contributed by atoms with Crippen molar-refractivity contribution in [2.45, 2.75) is 32.4 Å². The summed E-state index contributed by atoms with van der Waals surface area (Å²) in [6.45, 7) is 5.41. The zero-order valence-corrected chi connectivity index (χ0v) is 10.7. The fourth-order valence-electron chi connectivity index (χ4n) is 1.46. The molecule has 2 N–H and O–H groups in total. The van der Waals surface area contributed by atoms with Crippen LogP contribution in [0, 0.1) is 0 Å². The Morgan fingerprint density at radius 2 is 2.00 bits per heavy atom. The quantitative estimate of drug-likeness (QED) is 0.651. The predicted octanol–water partition coefficient (Wildman–Crippen LogP) is 0.234. The topological polar surface area (TPSA) is 64.8 Å². The van der Waals surface area contributed by atoms with E-state index in [0.29, 0.717) is 26.2 Å². The number of amides is 1. The molecule has 0 aliphatic heterocycles. The Bertz CT molecular complexity index is 200. The molecule has 5 heteroatoms. The molecule has 1 amide bonds. The second kappa shape index (κ2) is 8.50. The lowest BCUT2D eigenvalue weighted by molar-refractivity contribution is -0.136. The van der Waals surface area contributed by atoms with Crippen LogP contribution in [0.2, 0.25) is 0 Å². The van der Waals surface area contributed by atoms with Crippen LogP contribution < -0.4 is 5.73 Å². The van der Waals surface area contributed by atoms with Gasteiger partial charge in [-0.05, 0) is 13.3 Å². The molecule has 96 valence electrons. The van der Waals surface area contributed by atoms with Crippen LogP contribution in [-0.2, 0) is 14.3 Å². The molecule has 0 radical (unpaired) electrons. The molecule has 0 spiro atoms. The molecule has 0 saturated heterocycles. The van der Waals surface area contributed by atoms with Gasteiger partial charge in [0.15, 0.2) is 0 Å². The molecule has 16 heavy (non-hydrogen) atoms. The van der Waals surface area contributed by atoms with Crippen molar-refractivity contribution in [2.24, 2.45) is 5.73 Å². The third kappa shape index (κ3) is 4.92. The highest BCUT2D eigenvalue weighted by Gasteiger charge is 2.23. The Labute approximate surface area is 97.9 Å². The maximum atomic E-state index is 12.0. The number of hydrogen-bond donors (Lipinski definition) is 1. The normalized spacial score (nSPS) is 14.6. The molecule has 0 saturated carbocycles. The number of ether oxygens (including phenoxy) is 2. The zero-order chi connectivity index (χ0) is 12.6. The Morgan fingerprint density at radius 1 is 1.38 bits per heavy atom. The van der Waals surface area contributed by atoms with E-state index >= 15 is 0 Å². The van der Waals surface area contributed by atoms with Crippen LogP contribution in [-0.4, -0.2) is 56.9 Å². The standard InChI is InChI=1S/C11H24N2O3/c1-5-10(12)11(14)13(6-7-15-3)9(2)8-16-4/h9-10H,5-8,12H2,1-4H3/t9?,10-/m1/s1. The van der Waals surface area contributed by atoms with Crippen molar-refractivity contribution < 1.29 is 14.3 Å². The smallest absolute Gasteiger partial charge is 0.239 e. The summed E-state index contributed by atoms with van der Waals surface area (Å²) in [4.78, 5) is 13.7. The van der Waals surface area contributed by atoms with Crippen LogP contribution in [0.4, 0.5) is 0 Å². The van der Waals surface area contributed by atoms with Gasteiger partial charge >= 0.3 is 0 Å². The van der Waals surface area contributed by atoms with Gasteiger partial charge in [0.05, 0.1) is 25.3 Å². The van der Waals surface area contributed by atoms with Crippen LogP contribution in [0.15, 0.2) is 0 Å². The van der Waals surface area contributed by atoms with E-state index in [9.17, 15) is 4.79 Å². The van der Waals surface area contributed by atoms with E-state index in [0.717, 1.165) is 0 Å². The van der Waals surface area contributed by atoms with E-state index < -0.39 is 6.04 Å². The Hall–Kier alpha value is -0.650. The lowest BCUT2D eigenvalue weighted by Crippen LogP contribution is -2.50. The van der Waals surface area contributed by atoms with Crippen molar-refractivity contribution in [3.8, 4) is 0 Å². The van der Waals surface area contributed by atoms with E-state index in [2.05, 4.69) is 0 Å². The van der Waals surface area contributed by atoms with Gasteiger partial charge in [-0.2, -0.15) is 0 Å². The molecule has 0 aliphatic rings. The van der Waals surface area contributed by atoms with Crippen LogP contribution in [0.1, 0.15) is 20.3 Å². The maximum Gasteiger partial charge on any atom is 0.239 e. The SMILES string of the molecule is CC[C@@H](N)C(=O)N(CCOC)C(C)COC. The molecule has 0 aliphatic carbocycles. The minimum atomic E-state index is -0.434. The molecule has 0 aromatic heterocycles. The summed E-state index contributed by atoms with van der Waals surface area (Å²) in [5, 5.41) is 0. The van der Waals surface area contributed by atoms with E-state index in [1.165, 1.54) is 0 Å². The minimum Gasteiger partial charge on any atom is -0.383 e. The van der Waals surface area contributed by atoms with Crippen molar-refractivity contribution in [2.75, 3.05) is 34.0 Å². The molecule has 0 heterocycles. The molecule has 0 aromatic carbocycles. The van der Waals surface area contributed by atoms with Crippen LogP contribution in [0.3, 0.4) is 0 Å². The number of rotatable bonds is 8. The van der Waals surface area contributed by atoms with Crippen molar-refractivity contribution in [3.63, 3.8) is 0 Å². The molecular formula is C11H24N2O3. The summed E-state index contributed by atoms with van der Waals surface area (Å²) in [6.07, 6.45) is 0.641. The number of hydrogen-bond acceptors (Lipinski definition) is 4. The largest absolute Gasteiger partial charge is 0.383 e. The predicted molar refractivity (Wildman–Crippen MR) is 63.2 cm³/mol. The molecule has 0 bridgehead atoms. The van der Waals surface area contributed by atoms with Gasteiger partial charge in [0.1, 0.15) is 0 Å². The fraction of sp³-hybridized carbons (Fsp3) is 0.909. The van der Waals surface area contributed by atoms with E-state index in [4.69, 9.17) is 15.2 Å². The second-order valence-corrected chi connectivity index (χ2v) is 3.84. The minimum absolute atomic E-state index is 0.0187. The third-order valence-corrected chi connectivity index (χ3v) is 2.52. The molecular weight excluding hydrogens is 208 g/mol. The average Bonchev–Trinajstić information content (AvgIpc) is 2.28. The summed E-state index contributed by atoms with van der Waals surface area (Å²) in [6, 6.07) is -0.415. The van der Waals surface area contributed by atoms with Gasteiger partial charge in [-0.15, -0.1) is 0 Å². The summed E-state index contributed by atoms with van der Waals surface area (Å²) >= 11 is 0. The maximum absolute atomic E-state index is 12.0. The first-order valence-corrected chi connectivity index (χ1v) is 5.62. The van der Waals surface area contributed by atoms with Crippen molar-refractivity contribution >= 4 is 5.91 Å². The Kier molecular flexibility index (Phi) is 8.15. The van der Waals surface area contributed by atoms with E-state index in [1.807, 2.05) is 13.8 Å². The van der Waals surface area contributed by atoms with Gasteiger partial charge in [-0.25, -0.2) is 0 Å². The summed E-state index contributed by atoms with van der Waals surface area (Å²) < 4.78 is 10.0. The number of methoxy groups -OCH3 is 2. The molecule has 0 aromatic rings. The zero-order valence-electron chi connectivity index (χ0n) is 10.7. The summed E-state index contributed by atoms with van der Waals surface area (Å²) in [5.41, 5.74) is 5.75. The highest BCUT2D eigenvalue weighted by molar-refractivity contribution is 5.81. The Balaban J connectivity index is 4.45. The van der Waals surface area contributed by atoms with Gasteiger partial charge in [0.25, 0.3) is 0 Å². The monoisotopic (exact) mass is 232 g/mol. The van der Waals surface area contributed by atoms with Crippen molar-refractivity contribution in [1.82, 2.24) is 4.90 Å². The molecule has 1 unspecified atom stereocenters. The van der Waals surface area contributed by atoms with Crippen LogP contribution >= 0.6 is 0 Å². The number of nitrogens with two attached hydrogens (primary N) is 1. The molecule has 0 rings (SSSR count). The first-order valence-electron chi connectivity index (χ1n) is 5.62. The lowest BCUT2D eigenvalue weighted by atomic mass is 10.2. The lowest BCUT2D eigenvalue weighted by Gasteiger charge is -2.30. The molecule has 5 nitrogen and oxygen atoms in total. The highest BCUT2D eigenvalue weighted by atomic mass is 16.5. The van der Waals surface area contributed by atoms with Crippen molar-refractivity contribution in [1.29, 1.82) is 0 Å². The second-order valence-electron chi connectivity index (χ2n) is 3.84. The average molecular weight is 232 g/mol. The van der Waals surface area contributed by atoms with Crippen LogP contribution in [0.25, 0.3) is 0 Å². The van der Waals surface area contributed by atoms with Gasteiger partial charge in [-0.1, -0.05) is 6.92 Å². The number of nitrogens with zero attached hydrogens (tertiary/aromatic N) is 1. The summed E-state index contributed by atoms with van der Waals surface area (Å²) in [5.74, 6) is -0.0379.